The van der Waals surface area contributed by atoms with E-state index in [4.69, 9.17) is 4.98 Å². The molecular weight excluding hydrogens is 354 g/mol. The molecule has 9 nitrogen and oxygen atoms in total. The Morgan fingerprint density at radius 3 is 2.79 bits per heavy atom. The minimum Gasteiger partial charge on any atom is -0.319 e. The highest BCUT2D eigenvalue weighted by Crippen LogP contribution is 2.18. The number of nitrogens with zero attached hydrogens (tertiary/aromatic N) is 8. The van der Waals surface area contributed by atoms with Crippen LogP contribution < -0.4 is 5.32 Å². The summed E-state index contributed by atoms with van der Waals surface area (Å²) >= 11 is 0. The van der Waals surface area contributed by atoms with Gasteiger partial charge in [-0.05, 0) is 30.8 Å². The van der Waals surface area contributed by atoms with E-state index in [2.05, 4.69) is 60.6 Å². The van der Waals surface area contributed by atoms with E-state index in [1.54, 1.807) is 21.8 Å². The Bertz CT molecular complexity index is 1280. The van der Waals surface area contributed by atoms with Crippen LogP contribution in [0, 0.1) is 0 Å². The van der Waals surface area contributed by atoms with Crippen LogP contribution in [0.1, 0.15) is 11.3 Å². The fourth-order valence-corrected chi connectivity index (χ4v) is 3.35. The third-order valence-corrected chi connectivity index (χ3v) is 4.72. The molecule has 0 bridgehead atoms. The summed E-state index contributed by atoms with van der Waals surface area (Å²) in [6, 6.07) is 8.46. The molecule has 5 rings (SSSR count). The number of hydrogen-bond acceptors (Lipinski definition) is 6. The molecule has 0 aliphatic heterocycles. The molecule has 0 atom stereocenters. The Hall–Kier alpha value is -3.59. The second-order valence-electron chi connectivity index (χ2n) is 6.74. The van der Waals surface area contributed by atoms with Crippen molar-refractivity contribution in [3.63, 3.8) is 0 Å². The molecule has 5 aromatic heterocycles. The van der Waals surface area contributed by atoms with Crippen molar-refractivity contribution in [1.82, 2.24) is 44.5 Å². The van der Waals surface area contributed by atoms with Gasteiger partial charge in [0.25, 0.3) is 0 Å². The van der Waals surface area contributed by atoms with Crippen LogP contribution in [0.4, 0.5) is 0 Å². The Labute approximate surface area is 160 Å². The number of hydrogen-bond donors (Lipinski definition) is 1. The van der Waals surface area contributed by atoms with Crippen molar-refractivity contribution in [1.29, 1.82) is 0 Å². The summed E-state index contributed by atoms with van der Waals surface area (Å²) in [6.07, 6.45) is 7.52. The number of fused-ring (bicyclic) bond motifs is 2. The van der Waals surface area contributed by atoms with Crippen LogP contribution in [0.3, 0.4) is 0 Å². The highest BCUT2D eigenvalue weighted by molar-refractivity contribution is 5.69. The maximum absolute atomic E-state index is 4.72. The van der Waals surface area contributed by atoms with Crippen molar-refractivity contribution in [2.24, 2.45) is 7.05 Å². The summed E-state index contributed by atoms with van der Waals surface area (Å²) in [6.45, 7) is 1.37. The zero-order valence-electron chi connectivity index (χ0n) is 15.6. The summed E-state index contributed by atoms with van der Waals surface area (Å²) in [5.41, 5.74) is 6.34. The molecule has 0 spiro atoms. The minimum absolute atomic E-state index is 0.533. The summed E-state index contributed by atoms with van der Waals surface area (Å²) < 4.78 is 5.72. The van der Waals surface area contributed by atoms with Gasteiger partial charge in [0.15, 0.2) is 5.65 Å². The van der Waals surface area contributed by atoms with Gasteiger partial charge in [-0.3, -0.25) is 4.68 Å². The monoisotopic (exact) mass is 373 g/mol. The van der Waals surface area contributed by atoms with Crippen LogP contribution in [-0.4, -0.2) is 46.2 Å². The molecule has 0 unspecified atom stereocenters. The third-order valence-electron chi connectivity index (χ3n) is 4.72. The van der Waals surface area contributed by atoms with Gasteiger partial charge in [-0.2, -0.15) is 5.10 Å². The van der Waals surface area contributed by atoms with Crippen molar-refractivity contribution in [2.75, 3.05) is 7.05 Å². The van der Waals surface area contributed by atoms with Gasteiger partial charge in [0.1, 0.15) is 0 Å². The molecule has 140 valence electrons. The standard InChI is InChI=1S/C19H19N9/c1-20-8-16-6-5-15-4-3-13(10-27(15)16)11-28-19-18(24-25-28)21-9-17(23-19)14-7-22-26(2)12-14/h3-7,9-10,12,20H,8,11H2,1-2H3. The highest BCUT2D eigenvalue weighted by Gasteiger charge is 2.12. The lowest BCUT2D eigenvalue weighted by Crippen LogP contribution is -2.08. The van der Waals surface area contributed by atoms with Gasteiger partial charge < -0.3 is 9.72 Å². The number of pyridine rings is 1. The fourth-order valence-electron chi connectivity index (χ4n) is 3.35. The summed E-state index contributed by atoms with van der Waals surface area (Å²) in [4.78, 5) is 9.12. The van der Waals surface area contributed by atoms with Gasteiger partial charge in [0, 0.05) is 42.8 Å². The second kappa shape index (κ2) is 6.54. The molecule has 0 saturated heterocycles. The van der Waals surface area contributed by atoms with Crippen molar-refractivity contribution >= 4 is 16.8 Å². The molecule has 0 radical (unpaired) electrons. The van der Waals surface area contributed by atoms with Gasteiger partial charge in [-0.15, -0.1) is 5.10 Å². The minimum atomic E-state index is 0.533. The van der Waals surface area contributed by atoms with Crippen LogP contribution in [0.5, 0.6) is 0 Å². The van der Waals surface area contributed by atoms with E-state index in [9.17, 15) is 0 Å². The lowest BCUT2D eigenvalue weighted by Gasteiger charge is -2.07. The molecule has 0 aliphatic rings. The zero-order chi connectivity index (χ0) is 19.1. The van der Waals surface area contributed by atoms with E-state index in [1.165, 1.54) is 5.69 Å². The van der Waals surface area contributed by atoms with Gasteiger partial charge in [0.2, 0.25) is 5.65 Å². The lowest BCUT2D eigenvalue weighted by molar-refractivity contribution is 0.661. The number of aromatic nitrogens is 8. The Balaban J connectivity index is 1.52. The van der Waals surface area contributed by atoms with Crippen LogP contribution in [0.25, 0.3) is 28.1 Å². The van der Waals surface area contributed by atoms with Gasteiger partial charge in [-0.1, -0.05) is 11.3 Å². The molecular formula is C19H19N9. The molecule has 5 aromatic rings. The predicted molar refractivity (Wildman–Crippen MR) is 105 cm³/mol. The first-order valence-corrected chi connectivity index (χ1v) is 9.00. The third kappa shape index (κ3) is 2.81. The molecule has 5 heterocycles. The number of rotatable bonds is 5. The molecule has 1 N–H and O–H groups in total. The first-order valence-electron chi connectivity index (χ1n) is 9.00. The predicted octanol–water partition coefficient (Wildman–Crippen LogP) is 1.64. The lowest BCUT2D eigenvalue weighted by atomic mass is 10.2. The number of nitrogens with one attached hydrogen (secondary N) is 1. The second-order valence-corrected chi connectivity index (χ2v) is 6.74. The van der Waals surface area contributed by atoms with Gasteiger partial charge in [-0.25, -0.2) is 14.6 Å². The van der Waals surface area contributed by atoms with E-state index in [0.717, 1.165) is 28.9 Å². The van der Waals surface area contributed by atoms with Crippen molar-refractivity contribution < 1.29 is 0 Å². The molecule has 0 aromatic carbocycles. The Morgan fingerprint density at radius 2 is 1.96 bits per heavy atom. The maximum Gasteiger partial charge on any atom is 0.221 e. The first-order chi connectivity index (χ1) is 13.7. The Kier molecular flexibility index (Phi) is 3.87. The van der Waals surface area contributed by atoms with Crippen LogP contribution in [0.2, 0.25) is 0 Å². The smallest absolute Gasteiger partial charge is 0.221 e. The SMILES string of the molecule is CNCc1ccc2ccc(Cn3nnc4ncc(-c5cnn(C)c5)nc43)cn12. The molecule has 0 aliphatic carbocycles. The highest BCUT2D eigenvalue weighted by atomic mass is 15.5. The number of aryl methyl sites for hydroxylation is 1. The largest absolute Gasteiger partial charge is 0.319 e. The summed E-state index contributed by atoms with van der Waals surface area (Å²) in [5.74, 6) is 0. The van der Waals surface area contributed by atoms with Crippen LogP contribution in [-0.2, 0) is 20.1 Å². The zero-order valence-corrected chi connectivity index (χ0v) is 15.6. The molecule has 0 amide bonds. The fraction of sp³-hybridized carbons (Fsp3) is 0.211. The van der Waals surface area contributed by atoms with E-state index in [0.29, 0.717) is 17.8 Å². The van der Waals surface area contributed by atoms with E-state index < -0.39 is 0 Å². The summed E-state index contributed by atoms with van der Waals surface area (Å²) in [5, 5.41) is 15.8. The van der Waals surface area contributed by atoms with Crippen molar-refractivity contribution in [3.8, 4) is 11.3 Å². The van der Waals surface area contributed by atoms with Gasteiger partial charge >= 0.3 is 0 Å². The topological polar surface area (TPSA) is 90.8 Å². The normalized spacial score (nSPS) is 11.6. The molecule has 28 heavy (non-hydrogen) atoms. The summed E-state index contributed by atoms with van der Waals surface area (Å²) in [7, 11) is 3.82. The van der Waals surface area contributed by atoms with E-state index in [1.807, 2.05) is 20.3 Å². The van der Waals surface area contributed by atoms with Gasteiger partial charge in [0.05, 0.1) is 24.6 Å². The van der Waals surface area contributed by atoms with Crippen LogP contribution in [0.15, 0.2) is 49.1 Å². The first kappa shape index (κ1) is 16.6. The molecule has 9 heteroatoms. The average Bonchev–Trinajstić information content (AvgIpc) is 3.41. The maximum atomic E-state index is 4.72. The quantitative estimate of drug-likeness (QED) is 0.504. The Morgan fingerprint density at radius 1 is 1.07 bits per heavy atom. The van der Waals surface area contributed by atoms with Crippen LogP contribution >= 0.6 is 0 Å². The van der Waals surface area contributed by atoms with Crippen molar-refractivity contribution in [3.05, 3.63) is 60.3 Å². The molecule has 0 saturated carbocycles. The van der Waals surface area contributed by atoms with E-state index in [-0.39, 0.29) is 0 Å². The van der Waals surface area contributed by atoms with E-state index >= 15 is 0 Å². The van der Waals surface area contributed by atoms with Crippen molar-refractivity contribution in [2.45, 2.75) is 13.1 Å². The average molecular weight is 373 g/mol. The molecule has 0 fully saturated rings.